The first-order valence-corrected chi connectivity index (χ1v) is 8.21. The van der Waals surface area contributed by atoms with E-state index in [0.29, 0.717) is 24.9 Å². The Kier molecular flexibility index (Phi) is 4.17. The second-order valence-corrected chi connectivity index (χ2v) is 6.72. The molecule has 5 heteroatoms. The van der Waals surface area contributed by atoms with Crippen molar-refractivity contribution in [3.63, 3.8) is 0 Å². The van der Waals surface area contributed by atoms with Crippen LogP contribution in [0.4, 0.5) is 0 Å². The van der Waals surface area contributed by atoms with Gasteiger partial charge in [-0.15, -0.1) is 11.3 Å². The third-order valence-corrected chi connectivity index (χ3v) is 5.12. The summed E-state index contributed by atoms with van der Waals surface area (Å²) in [5, 5.41) is 8.54. The van der Waals surface area contributed by atoms with Crippen molar-refractivity contribution >= 4 is 23.0 Å². The number of hydrogen-bond acceptors (Lipinski definition) is 4. The Bertz CT molecular complexity index is 474. The smallest absolute Gasteiger partial charge is 0.220 e. The Morgan fingerprint density at radius 3 is 2.65 bits per heavy atom. The fourth-order valence-corrected chi connectivity index (χ4v) is 3.96. The van der Waals surface area contributed by atoms with Gasteiger partial charge in [-0.05, 0) is 37.1 Å². The van der Waals surface area contributed by atoms with Crippen molar-refractivity contribution in [2.45, 2.75) is 56.7 Å². The molecule has 0 spiro atoms. The Labute approximate surface area is 122 Å². The van der Waals surface area contributed by atoms with E-state index < -0.39 is 0 Å². The van der Waals surface area contributed by atoms with Gasteiger partial charge in [0.05, 0.1) is 4.88 Å². The molecule has 3 rings (SSSR count). The predicted molar refractivity (Wildman–Crippen MR) is 79.0 cm³/mol. The molecule has 2 atom stereocenters. The minimum Gasteiger partial charge on any atom is -0.353 e. The maximum atomic E-state index is 11.9. The summed E-state index contributed by atoms with van der Waals surface area (Å²) >= 11 is 1.44. The summed E-state index contributed by atoms with van der Waals surface area (Å²) in [6.45, 7) is 0. The lowest BCUT2D eigenvalue weighted by atomic mass is 9.99. The van der Waals surface area contributed by atoms with E-state index >= 15 is 0 Å². The van der Waals surface area contributed by atoms with Gasteiger partial charge in [0.1, 0.15) is 0 Å². The first kappa shape index (κ1) is 13.8. The molecule has 2 bridgehead atoms. The molecule has 2 unspecified atom stereocenters. The Balaban J connectivity index is 1.42. The highest BCUT2D eigenvalue weighted by atomic mass is 32.1. The van der Waals surface area contributed by atoms with Gasteiger partial charge in [-0.25, -0.2) is 0 Å². The van der Waals surface area contributed by atoms with Crippen molar-refractivity contribution in [3.8, 4) is 0 Å². The minimum atomic E-state index is 0.0150. The molecule has 0 saturated carbocycles. The third-order valence-electron chi connectivity index (χ3n) is 4.21. The van der Waals surface area contributed by atoms with Gasteiger partial charge in [0, 0.05) is 31.0 Å². The number of nitrogens with one attached hydrogen (secondary N) is 2. The highest BCUT2D eigenvalue weighted by molar-refractivity contribution is 7.12. The molecule has 0 aromatic carbocycles. The van der Waals surface area contributed by atoms with Crippen LogP contribution in [0.15, 0.2) is 17.5 Å². The number of thiophene rings is 1. The number of Topliss-reactive ketones (excluding diaryl/α,β-unsaturated/α-hetero) is 1. The quantitative estimate of drug-likeness (QED) is 0.817. The SMILES string of the molecule is O=C(CCC(=O)c1cccs1)NC1CC2CCC(C1)N2. The van der Waals surface area contributed by atoms with E-state index in [1.54, 1.807) is 0 Å². The molecular formula is C15H20N2O2S. The molecule has 2 aliphatic heterocycles. The van der Waals surface area contributed by atoms with E-state index in [1.807, 2.05) is 17.5 Å². The molecule has 0 aliphatic carbocycles. The minimum absolute atomic E-state index is 0.0150. The molecule has 1 aromatic heterocycles. The first-order valence-electron chi connectivity index (χ1n) is 7.33. The van der Waals surface area contributed by atoms with Crippen molar-refractivity contribution in [2.24, 2.45) is 0 Å². The summed E-state index contributed by atoms with van der Waals surface area (Å²) in [6.07, 6.45) is 5.13. The standard InChI is InChI=1S/C15H20N2O2S/c18-13(14-2-1-7-20-14)5-6-15(19)17-12-8-10-3-4-11(9-12)16-10/h1-2,7,10-12,16H,3-6,8-9H2,(H,17,19). The summed E-state index contributed by atoms with van der Waals surface area (Å²) in [4.78, 5) is 24.5. The fourth-order valence-electron chi connectivity index (χ4n) is 3.26. The molecule has 3 heterocycles. The number of ketones is 1. The number of amides is 1. The molecule has 2 saturated heterocycles. The van der Waals surface area contributed by atoms with Gasteiger partial charge in [-0.2, -0.15) is 0 Å². The fraction of sp³-hybridized carbons (Fsp3) is 0.600. The Morgan fingerprint density at radius 2 is 2.00 bits per heavy atom. The zero-order valence-electron chi connectivity index (χ0n) is 11.4. The maximum Gasteiger partial charge on any atom is 0.220 e. The molecule has 1 amide bonds. The summed E-state index contributed by atoms with van der Waals surface area (Å²) in [5.74, 6) is 0.0849. The molecule has 4 nitrogen and oxygen atoms in total. The summed E-state index contributed by atoms with van der Waals surface area (Å²) in [5.41, 5.74) is 0. The summed E-state index contributed by atoms with van der Waals surface area (Å²) in [7, 11) is 0. The van der Waals surface area contributed by atoms with Crippen LogP contribution in [0, 0.1) is 0 Å². The van der Waals surface area contributed by atoms with Gasteiger partial charge < -0.3 is 10.6 Å². The Morgan fingerprint density at radius 1 is 1.25 bits per heavy atom. The average Bonchev–Trinajstić information content (AvgIpc) is 3.06. The second-order valence-electron chi connectivity index (χ2n) is 5.77. The molecule has 20 heavy (non-hydrogen) atoms. The van der Waals surface area contributed by atoms with Gasteiger partial charge >= 0.3 is 0 Å². The van der Waals surface area contributed by atoms with Gasteiger partial charge in [-0.3, -0.25) is 9.59 Å². The second kappa shape index (κ2) is 6.06. The zero-order valence-corrected chi connectivity index (χ0v) is 12.2. The highest BCUT2D eigenvalue weighted by Gasteiger charge is 2.33. The normalized spacial score (nSPS) is 28.3. The number of carbonyl (C=O) groups excluding carboxylic acids is 2. The van der Waals surface area contributed by atoms with Crippen molar-refractivity contribution in [1.82, 2.24) is 10.6 Å². The van der Waals surface area contributed by atoms with E-state index in [4.69, 9.17) is 0 Å². The van der Waals surface area contributed by atoms with Crippen LogP contribution in [0.5, 0.6) is 0 Å². The number of rotatable bonds is 5. The monoisotopic (exact) mass is 292 g/mol. The van der Waals surface area contributed by atoms with Crippen LogP contribution in [0.3, 0.4) is 0 Å². The van der Waals surface area contributed by atoms with Crippen LogP contribution in [0.1, 0.15) is 48.2 Å². The maximum absolute atomic E-state index is 11.9. The molecule has 1 aromatic rings. The van der Waals surface area contributed by atoms with E-state index in [-0.39, 0.29) is 17.7 Å². The van der Waals surface area contributed by atoms with E-state index in [1.165, 1.54) is 24.2 Å². The van der Waals surface area contributed by atoms with Crippen LogP contribution >= 0.6 is 11.3 Å². The topological polar surface area (TPSA) is 58.2 Å². The average molecular weight is 292 g/mol. The first-order chi connectivity index (χ1) is 9.70. The molecule has 2 fully saturated rings. The largest absolute Gasteiger partial charge is 0.353 e. The van der Waals surface area contributed by atoms with Gasteiger partial charge in [0.25, 0.3) is 0 Å². The molecule has 108 valence electrons. The van der Waals surface area contributed by atoms with Crippen LogP contribution in [-0.2, 0) is 4.79 Å². The lowest BCUT2D eigenvalue weighted by Gasteiger charge is -2.29. The third kappa shape index (κ3) is 3.27. The van der Waals surface area contributed by atoms with Crippen molar-refractivity contribution < 1.29 is 9.59 Å². The molecule has 0 radical (unpaired) electrons. The van der Waals surface area contributed by atoms with Crippen LogP contribution < -0.4 is 10.6 Å². The van der Waals surface area contributed by atoms with Crippen molar-refractivity contribution in [2.75, 3.05) is 0 Å². The van der Waals surface area contributed by atoms with Gasteiger partial charge in [-0.1, -0.05) is 6.07 Å². The Hall–Kier alpha value is -1.20. The zero-order chi connectivity index (χ0) is 13.9. The van der Waals surface area contributed by atoms with E-state index in [9.17, 15) is 9.59 Å². The van der Waals surface area contributed by atoms with Gasteiger partial charge in [0.2, 0.25) is 5.91 Å². The lowest BCUT2D eigenvalue weighted by molar-refractivity contribution is -0.122. The van der Waals surface area contributed by atoms with Crippen LogP contribution in [-0.4, -0.2) is 29.8 Å². The van der Waals surface area contributed by atoms with Crippen molar-refractivity contribution in [3.05, 3.63) is 22.4 Å². The van der Waals surface area contributed by atoms with Crippen LogP contribution in [0.25, 0.3) is 0 Å². The number of piperidine rings is 1. The number of carbonyl (C=O) groups is 2. The lowest BCUT2D eigenvalue weighted by Crippen LogP contribution is -2.48. The molecule has 2 N–H and O–H groups in total. The highest BCUT2D eigenvalue weighted by Crippen LogP contribution is 2.26. The summed E-state index contributed by atoms with van der Waals surface area (Å²) < 4.78 is 0. The van der Waals surface area contributed by atoms with E-state index in [0.717, 1.165) is 17.7 Å². The van der Waals surface area contributed by atoms with Crippen LogP contribution in [0.2, 0.25) is 0 Å². The van der Waals surface area contributed by atoms with Gasteiger partial charge in [0.15, 0.2) is 5.78 Å². The number of fused-ring (bicyclic) bond motifs is 2. The number of hydrogen-bond donors (Lipinski definition) is 2. The van der Waals surface area contributed by atoms with E-state index in [2.05, 4.69) is 10.6 Å². The molecular weight excluding hydrogens is 272 g/mol. The molecule has 2 aliphatic rings. The summed E-state index contributed by atoms with van der Waals surface area (Å²) in [6, 6.07) is 5.12. The van der Waals surface area contributed by atoms with Crippen molar-refractivity contribution in [1.29, 1.82) is 0 Å². The predicted octanol–water partition coefficient (Wildman–Crippen LogP) is 2.11.